The summed E-state index contributed by atoms with van der Waals surface area (Å²) >= 11 is 21.6. The molecule has 18 heteroatoms. The number of rotatable bonds is 24. The molecule has 0 fully saturated rings. The van der Waals surface area contributed by atoms with E-state index in [2.05, 4.69) is 0 Å². The summed E-state index contributed by atoms with van der Waals surface area (Å²) in [6.45, 7) is 19.0. The number of aliphatic hydroxyl groups is 1. The van der Waals surface area contributed by atoms with Crippen LogP contribution < -0.4 is 0 Å². The zero-order valence-corrected chi connectivity index (χ0v) is 33.3. The molecular formula is C23H49O9P3S6. The molecule has 2 atom stereocenters. The van der Waals surface area contributed by atoms with Crippen LogP contribution in [0, 0.1) is 0 Å². The van der Waals surface area contributed by atoms with E-state index in [1.165, 1.54) is 34.1 Å². The Morgan fingerprint density at radius 3 is 1.29 bits per heavy atom. The number of aliphatic hydroxyl groups excluding tert-OH is 1. The van der Waals surface area contributed by atoms with Crippen molar-refractivity contribution < 1.29 is 41.8 Å². The third-order valence-electron chi connectivity index (χ3n) is 3.82. The Bertz CT molecular complexity index is 813. The predicted molar refractivity (Wildman–Crippen MR) is 189 cm³/mol. The van der Waals surface area contributed by atoms with Gasteiger partial charge in [0.15, 0.2) is 0 Å². The van der Waals surface area contributed by atoms with Crippen LogP contribution in [-0.2, 0) is 72.1 Å². The first-order valence-corrected chi connectivity index (χ1v) is 26.1. The van der Waals surface area contributed by atoms with E-state index in [0.29, 0.717) is 17.3 Å². The maximum Gasteiger partial charge on any atom is 0.306 e. The molecule has 2 unspecified atom stereocenters. The molecule has 0 aliphatic heterocycles. The zero-order valence-electron chi connectivity index (χ0n) is 25.7. The maximum absolute atomic E-state index is 12.0. The van der Waals surface area contributed by atoms with Crippen molar-refractivity contribution >= 4 is 92.6 Å². The lowest BCUT2D eigenvalue weighted by Gasteiger charge is -2.31. The van der Waals surface area contributed by atoms with Crippen LogP contribution in [0.1, 0.15) is 75.7 Å². The van der Waals surface area contributed by atoms with Crippen LogP contribution in [-0.4, -0.2) is 78.2 Å². The highest BCUT2D eigenvalue weighted by atomic mass is 32.9. The minimum atomic E-state index is -2.93. The average molecular weight is 755 g/mol. The summed E-state index contributed by atoms with van der Waals surface area (Å²) in [5.41, 5.74) is -8.12. The van der Waals surface area contributed by atoms with Gasteiger partial charge in [0.1, 0.15) is 6.61 Å². The summed E-state index contributed by atoms with van der Waals surface area (Å²) in [7, 11) is 0. The predicted octanol–water partition coefficient (Wildman–Crippen LogP) is 8.30. The highest BCUT2D eigenvalue weighted by Gasteiger charge is 2.31. The van der Waals surface area contributed by atoms with Gasteiger partial charge in [-0.25, -0.2) is 0 Å². The molecule has 246 valence electrons. The van der Waals surface area contributed by atoms with E-state index in [1.807, 2.05) is 69.2 Å². The van der Waals surface area contributed by atoms with Crippen LogP contribution in [0.15, 0.2) is 0 Å². The van der Waals surface area contributed by atoms with E-state index in [4.69, 9.17) is 72.4 Å². The Balaban J connectivity index is 5.54. The molecule has 0 aliphatic carbocycles. The monoisotopic (exact) mass is 754 g/mol. The Morgan fingerprint density at radius 2 is 0.976 bits per heavy atom. The van der Waals surface area contributed by atoms with Crippen molar-refractivity contribution in [2.24, 2.45) is 0 Å². The summed E-state index contributed by atoms with van der Waals surface area (Å²) < 4.78 is 41.7. The first kappa shape index (κ1) is 43.2. The second-order valence-electron chi connectivity index (χ2n) is 9.91. The van der Waals surface area contributed by atoms with E-state index in [0.717, 1.165) is 0 Å². The molecule has 0 aromatic heterocycles. The van der Waals surface area contributed by atoms with Gasteiger partial charge in [0.2, 0.25) is 17.1 Å². The van der Waals surface area contributed by atoms with E-state index < -0.39 is 23.0 Å². The fraction of sp³-hybridized carbons (Fsp3) is 0.957. The lowest BCUT2D eigenvalue weighted by molar-refractivity contribution is -0.144. The molecule has 9 nitrogen and oxygen atoms in total. The van der Waals surface area contributed by atoms with Gasteiger partial charge in [0.25, 0.3) is 0 Å². The van der Waals surface area contributed by atoms with Gasteiger partial charge in [0.05, 0.1) is 49.7 Å². The van der Waals surface area contributed by atoms with Crippen molar-refractivity contribution in [3.05, 3.63) is 0 Å². The van der Waals surface area contributed by atoms with Crippen LogP contribution >= 0.6 is 51.2 Å². The molecule has 0 spiro atoms. The largest absolute Gasteiger partial charge is 0.463 e. The van der Waals surface area contributed by atoms with E-state index in [-0.39, 0.29) is 56.3 Å². The first-order valence-electron chi connectivity index (χ1n) is 13.4. The van der Waals surface area contributed by atoms with Gasteiger partial charge in [-0.05, 0) is 105 Å². The average Bonchev–Trinajstić information content (AvgIpc) is 2.78. The third kappa shape index (κ3) is 22.4. The van der Waals surface area contributed by atoms with E-state index >= 15 is 0 Å². The maximum atomic E-state index is 12.0. The van der Waals surface area contributed by atoms with Crippen molar-refractivity contribution in [2.45, 2.75) is 112 Å². The number of hydrogen-bond donors (Lipinski definition) is 1. The fourth-order valence-electron chi connectivity index (χ4n) is 2.66. The molecule has 0 saturated carbocycles. The Hall–Kier alpha value is 2.19. The van der Waals surface area contributed by atoms with Crippen molar-refractivity contribution in [3.63, 3.8) is 0 Å². The Kier molecular flexibility index (Phi) is 23.1. The number of carbonyl (C=O) groups excluding carboxylic acids is 1. The smallest absolute Gasteiger partial charge is 0.306 e. The van der Waals surface area contributed by atoms with Gasteiger partial charge in [0, 0.05) is 17.3 Å². The van der Waals surface area contributed by atoms with Crippen LogP contribution in [0.4, 0.5) is 0 Å². The quantitative estimate of drug-likeness (QED) is 0.0755. The number of carbonyl (C=O) groups is 1. The molecule has 0 rings (SSSR count). The first-order chi connectivity index (χ1) is 18.8. The minimum Gasteiger partial charge on any atom is -0.463 e. The molecule has 1 N–H and O–H groups in total. The summed E-state index contributed by atoms with van der Waals surface area (Å²) in [6, 6.07) is 0. The van der Waals surface area contributed by atoms with Gasteiger partial charge < -0.3 is 37.0 Å². The third-order valence-corrected chi connectivity index (χ3v) is 20.6. The van der Waals surface area contributed by atoms with Crippen LogP contribution in [0.2, 0.25) is 0 Å². The van der Waals surface area contributed by atoms with E-state index in [9.17, 15) is 4.79 Å². The highest BCUT2D eigenvalue weighted by molar-refractivity contribution is 8.68. The van der Waals surface area contributed by atoms with Crippen LogP contribution in [0.5, 0.6) is 0 Å². The van der Waals surface area contributed by atoms with Crippen molar-refractivity contribution in [2.75, 3.05) is 30.5 Å². The molecule has 0 aromatic carbocycles. The van der Waals surface area contributed by atoms with Gasteiger partial charge in [-0.2, -0.15) is 0 Å². The fourth-order valence-corrected chi connectivity index (χ4v) is 19.9. The minimum absolute atomic E-state index is 0.0428. The van der Waals surface area contributed by atoms with Crippen molar-refractivity contribution in [3.8, 4) is 0 Å². The number of ether oxygens (including phenoxy) is 1. The van der Waals surface area contributed by atoms with Crippen LogP contribution in [0.3, 0.4) is 0 Å². The zero-order chi connectivity index (χ0) is 31.9. The molecule has 41 heavy (non-hydrogen) atoms. The Labute approximate surface area is 275 Å². The summed E-state index contributed by atoms with van der Waals surface area (Å²) in [5, 5.41) is 8.89. The summed E-state index contributed by atoms with van der Waals surface area (Å²) in [6.07, 6.45) is -0.838. The standard InChI is InChI=1S/C23H49O9P3S6/c1-17(2)27-33(36,28-18(3)4)40-15-21(9)31-35(38,39-14-11-23(25)26-13-12-24)32-22(10)16-41-34(37,29-19(5)6)30-20(7)8/h17-22,24H,11-16H2,1-10H3. The van der Waals surface area contributed by atoms with Gasteiger partial charge in [-0.15, -0.1) is 0 Å². The SMILES string of the molecule is CC(C)OP(=S)(OC(C)C)SCC(C)OP(=S)(OC(C)CSP(=S)(OC(C)C)OC(C)C)SCCC(=O)OCCO. The summed E-state index contributed by atoms with van der Waals surface area (Å²) in [4.78, 5) is 12.0. The van der Waals surface area contributed by atoms with Crippen molar-refractivity contribution in [1.82, 2.24) is 0 Å². The number of esters is 1. The topological polar surface area (TPSA) is 102 Å². The molecule has 0 heterocycles. The summed E-state index contributed by atoms with van der Waals surface area (Å²) in [5.74, 6) is 0.907. The molecule has 0 aromatic rings. The van der Waals surface area contributed by atoms with Gasteiger partial charge >= 0.3 is 5.97 Å². The molecule has 0 bridgehead atoms. The normalized spacial score (nSPS) is 16.0. The van der Waals surface area contributed by atoms with Crippen molar-refractivity contribution in [1.29, 1.82) is 0 Å². The lowest BCUT2D eigenvalue weighted by atomic mass is 10.5. The second kappa shape index (κ2) is 21.9. The molecular weight excluding hydrogens is 706 g/mol. The lowest BCUT2D eigenvalue weighted by Crippen LogP contribution is -2.16. The molecule has 0 saturated heterocycles. The molecule has 0 radical (unpaired) electrons. The number of hydrogen-bond acceptors (Lipinski definition) is 15. The molecule has 0 amide bonds. The molecule has 0 aliphatic rings. The Morgan fingerprint density at radius 1 is 0.634 bits per heavy atom. The van der Waals surface area contributed by atoms with E-state index in [1.54, 1.807) is 0 Å². The second-order valence-corrected chi connectivity index (χ2v) is 28.8. The van der Waals surface area contributed by atoms with Gasteiger partial charge in [-0.1, -0.05) is 34.1 Å². The van der Waals surface area contributed by atoms with Crippen LogP contribution in [0.25, 0.3) is 0 Å². The van der Waals surface area contributed by atoms with Gasteiger partial charge in [-0.3, -0.25) is 4.79 Å². The highest BCUT2D eigenvalue weighted by Crippen LogP contribution is 2.67.